The van der Waals surface area contributed by atoms with E-state index in [1.807, 2.05) is 0 Å². The lowest BCUT2D eigenvalue weighted by molar-refractivity contribution is -0.127. The van der Waals surface area contributed by atoms with Gasteiger partial charge in [0, 0.05) is 39.5 Å². The van der Waals surface area contributed by atoms with Gasteiger partial charge in [0.1, 0.15) is 13.2 Å². The summed E-state index contributed by atoms with van der Waals surface area (Å²) < 4.78 is 21.1. The van der Waals surface area contributed by atoms with Gasteiger partial charge < -0.3 is 40.2 Å². The summed E-state index contributed by atoms with van der Waals surface area (Å²) >= 11 is 0. The molecule has 0 aliphatic rings. The van der Waals surface area contributed by atoms with Gasteiger partial charge in [0.2, 0.25) is 23.6 Å². The van der Waals surface area contributed by atoms with E-state index in [2.05, 4.69) is 28.2 Å². The number of hydrogen-bond acceptors (Lipinski definition) is 8. The lowest BCUT2D eigenvalue weighted by Crippen LogP contribution is -2.31. The lowest BCUT2D eigenvalue weighted by Gasteiger charge is -2.09. The third kappa shape index (κ3) is 24.4. The largest absolute Gasteiger partial charge is 0.377 e. The standard InChI is InChI=1S/C22H42N4O8/c1-3-4-7-24-21(29)17-33-15-14-32-12-10-26-22(30)18-34-16-13-31-11-9-25-20(28)6-5-8-23-19(2)27/h3-18H2,1-2H3,(H,23,27)(H,24,29)(H,25,28)(H,26,30). The second kappa shape index (κ2) is 23.9. The van der Waals surface area contributed by atoms with Crippen LogP contribution in [0.4, 0.5) is 0 Å². The Morgan fingerprint density at radius 1 is 0.559 bits per heavy atom. The van der Waals surface area contributed by atoms with Gasteiger partial charge in [-0.05, 0) is 12.8 Å². The van der Waals surface area contributed by atoms with Gasteiger partial charge in [0.15, 0.2) is 0 Å². The molecule has 0 aromatic heterocycles. The summed E-state index contributed by atoms with van der Waals surface area (Å²) in [6.45, 7) is 7.19. The molecular formula is C22H42N4O8. The molecule has 0 aromatic rings. The molecule has 0 saturated heterocycles. The molecule has 0 heterocycles. The van der Waals surface area contributed by atoms with Crippen LogP contribution in [0.3, 0.4) is 0 Å². The summed E-state index contributed by atoms with van der Waals surface area (Å²) in [7, 11) is 0. The highest BCUT2D eigenvalue weighted by molar-refractivity contribution is 5.77. The van der Waals surface area contributed by atoms with Gasteiger partial charge in [-0.25, -0.2) is 0 Å². The number of rotatable bonds is 23. The van der Waals surface area contributed by atoms with E-state index < -0.39 is 0 Å². The molecule has 0 aliphatic heterocycles. The molecule has 12 heteroatoms. The summed E-state index contributed by atoms with van der Waals surface area (Å²) in [5, 5.41) is 10.8. The fourth-order valence-electron chi connectivity index (χ4n) is 2.40. The summed E-state index contributed by atoms with van der Waals surface area (Å²) in [5.41, 5.74) is 0. The van der Waals surface area contributed by atoms with Crippen LogP contribution in [0.5, 0.6) is 0 Å². The van der Waals surface area contributed by atoms with Gasteiger partial charge in [-0.1, -0.05) is 13.3 Å². The number of unbranched alkanes of at least 4 members (excludes halogenated alkanes) is 1. The number of amides is 4. The highest BCUT2D eigenvalue weighted by atomic mass is 16.5. The highest BCUT2D eigenvalue weighted by Crippen LogP contribution is 1.87. The normalized spacial score (nSPS) is 10.5. The van der Waals surface area contributed by atoms with Crippen LogP contribution in [0.2, 0.25) is 0 Å². The first-order chi connectivity index (χ1) is 16.5. The van der Waals surface area contributed by atoms with Gasteiger partial charge in [-0.2, -0.15) is 0 Å². The van der Waals surface area contributed by atoms with Crippen LogP contribution in [-0.4, -0.2) is 103 Å². The lowest BCUT2D eigenvalue weighted by atomic mass is 10.3. The van der Waals surface area contributed by atoms with Crippen LogP contribution in [-0.2, 0) is 38.1 Å². The number of carbonyl (C=O) groups excluding carboxylic acids is 4. The van der Waals surface area contributed by atoms with Crippen LogP contribution in [0, 0.1) is 0 Å². The first kappa shape index (κ1) is 31.7. The van der Waals surface area contributed by atoms with Crippen molar-refractivity contribution in [2.24, 2.45) is 0 Å². The van der Waals surface area contributed by atoms with Crippen LogP contribution < -0.4 is 21.3 Å². The average Bonchev–Trinajstić information content (AvgIpc) is 2.80. The van der Waals surface area contributed by atoms with E-state index in [-0.39, 0.29) is 43.4 Å². The van der Waals surface area contributed by atoms with Crippen molar-refractivity contribution in [3.63, 3.8) is 0 Å². The second-order valence-electron chi connectivity index (χ2n) is 7.32. The van der Waals surface area contributed by atoms with Crippen molar-refractivity contribution < 1.29 is 38.1 Å². The van der Waals surface area contributed by atoms with Crippen LogP contribution in [0.25, 0.3) is 0 Å². The molecular weight excluding hydrogens is 448 g/mol. The van der Waals surface area contributed by atoms with E-state index in [0.717, 1.165) is 12.8 Å². The van der Waals surface area contributed by atoms with E-state index in [1.165, 1.54) is 6.92 Å². The Labute approximate surface area is 202 Å². The molecule has 198 valence electrons. The zero-order chi connectivity index (χ0) is 25.3. The Hall–Kier alpha value is -2.28. The zero-order valence-corrected chi connectivity index (χ0v) is 20.6. The Balaban J connectivity index is 3.33. The summed E-state index contributed by atoms with van der Waals surface area (Å²) in [4.78, 5) is 45.3. The Bertz CT molecular complexity index is 563. The predicted octanol–water partition coefficient (Wildman–Crippen LogP) is -0.882. The van der Waals surface area contributed by atoms with Crippen molar-refractivity contribution in [3.05, 3.63) is 0 Å². The molecule has 0 aromatic carbocycles. The first-order valence-electron chi connectivity index (χ1n) is 11.8. The minimum atomic E-state index is -0.255. The number of ether oxygens (including phenoxy) is 4. The van der Waals surface area contributed by atoms with Gasteiger partial charge in [-0.15, -0.1) is 0 Å². The number of carbonyl (C=O) groups is 4. The highest BCUT2D eigenvalue weighted by Gasteiger charge is 2.03. The minimum Gasteiger partial charge on any atom is -0.377 e. The fraction of sp³-hybridized carbons (Fsp3) is 0.818. The van der Waals surface area contributed by atoms with E-state index in [1.54, 1.807) is 0 Å². The van der Waals surface area contributed by atoms with Gasteiger partial charge >= 0.3 is 0 Å². The maximum Gasteiger partial charge on any atom is 0.246 e. The number of hydrogen-bond donors (Lipinski definition) is 4. The summed E-state index contributed by atoms with van der Waals surface area (Å²) in [5.74, 6) is -0.593. The van der Waals surface area contributed by atoms with Crippen molar-refractivity contribution in [1.29, 1.82) is 0 Å². The third-order valence-corrected chi connectivity index (χ3v) is 4.15. The maximum absolute atomic E-state index is 11.6. The number of nitrogens with one attached hydrogen (secondary N) is 4. The zero-order valence-electron chi connectivity index (χ0n) is 20.6. The van der Waals surface area contributed by atoms with E-state index in [9.17, 15) is 19.2 Å². The van der Waals surface area contributed by atoms with Crippen molar-refractivity contribution in [1.82, 2.24) is 21.3 Å². The molecule has 0 radical (unpaired) electrons. The Morgan fingerprint density at radius 3 is 1.56 bits per heavy atom. The van der Waals surface area contributed by atoms with Crippen LogP contribution in [0.15, 0.2) is 0 Å². The molecule has 0 rings (SSSR count). The molecule has 0 spiro atoms. The SMILES string of the molecule is CCCCNC(=O)COCCOCCNC(=O)COCCOCCNC(=O)CCCNC(C)=O. The third-order valence-electron chi connectivity index (χ3n) is 4.15. The molecule has 0 bridgehead atoms. The fourth-order valence-corrected chi connectivity index (χ4v) is 2.40. The monoisotopic (exact) mass is 490 g/mol. The smallest absolute Gasteiger partial charge is 0.246 e. The molecule has 0 aliphatic carbocycles. The molecule has 4 N–H and O–H groups in total. The molecule has 0 atom stereocenters. The summed E-state index contributed by atoms with van der Waals surface area (Å²) in [6, 6.07) is 0. The van der Waals surface area contributed by atoms with Crippen LogP contribution >= 0.6 is 0 Å². The van der Waals surface area contributed by atoms with Gasteiger partial charge in [-0.3, -0.25) is 19.2 Å². The van der Waals surface area contributed by atoms with Gasteiger partial charge in [0.25, 0.3) is 0 Å². The Kier molecular flexibility index (Phi) is 22.3. The predicted molar refractivity (Wildman–Crippen MR) is 125 cm³/mol. The maximum atomic E-state index is 11.6. The molecule has 0 fully saturated rings. The van der Waals surface area contributed by atoms with Crippen LogP contribution in [0.1, 0.15) is 39.5 Å². The second-order valence-corrected chi connectivity index (χ2v) is 7.32. The topological polar surface area (TPSA) is 153 Å². The molecule has 0 saturated carbocycles. The first-order valence-corrected chi connectivity index (χ1v) is 11.8. The quantitative estimate of drug-likeness (QED) is 0.135. The van der Waals surface area contributed by atoms with E-state index in [4.69, 9.17) is 18.9 Å². The Morgan fingerprint density at radius 2 is 1.03 bits per heavy atom. The average molecular weight is 491 g/mol. The summed E-state index contributed by atoms with van der Waals surface area (Å²) in [6.07, 6.45) is 2.90. The molecule has 34 heavy (non-hydrogen) atoms. The molecule has 12 nitrogen and oxygen atoms in total. The van der Waals surface area contributed by atoms with Crippen molar-refractivity contribution in [3.8, 4) is 0 Å². The van der Waals surface area contributed by atoms with Crippen molar-refractivity contribution in [2.45, 2.75) is 39.5 Å². The van der Waals surface area contributed by atoms with Crippen molar-refractivity contribution >= 4 is 23.6 Å². The van der Waals surface area contributed by atoms with Crippen molar-refractivity contribution in [2.75, 3.05) is 79.0 Å². The van der Waals surface area contributed by atoms with Gasteiger partial charge in [0.05, 0.1) is 39.6 Å². The minimum absolute atomic E-state index is 0.0145. The van der Waals surface area contributed by atoms with E-state index >= 15 is 0 Å². The molecule has 4 amide bonds. The molecule has 0 unspecified atom stereocenters. The van der Waals surface area contributed by atoms with E-state index in [0.29, 0.717) is 72.1 Å².